The van der Waals surface area contributed by atoms with Crippen LogP contribution in [0.2, 0.25) is 0 Å². The molecule has 0 aliphatic carbocycles. The molecule has 248 valence electrons. The Morgan fingerprint density at radius 3 is 1.51 bits per heavy atom. The van der Waals surface area contributed by atoms with E-state index in [2.05, 4.69) is 168 Å². The second-order valence-electron chi connectivity index (χ2n) is 13.4. The predicted molar refractivity (Wildman–Crippen MR) is 221 cm³/mol. The lowest BCUT2D eigenvalue weighted by Crippen LogP contribution is -1.97. The minimum Gasteiger partial charge on any atom is -0.309 e. The minimum absolute atomic E-state index is 0.717. The fraction of sp³-hybridized carbons (Fsp3) is 0. The van der Waals surface area contributed by atoms with Gasteiger partial charge >= 0.3 is 0 Å². The Morgan fingerprint density at radius 1 is 0.302 bits per heavy atom. The van der Waals surface area contributed by atoms with Crippen molar-refractivity contribution < 1.29 is 0 Å². The maximum Gasteiger partial charge on any atom is 0.160 e. The molecule has 0 N–H and O–H groups in total. The SMILES string of the molecule is c1ccc(-c2ccc3c(c2)c2ccccc2n3-c2ccc(-c3ccc(-c4cc(-c5ccccc5)nc(-c5ccccc5)n4)cc3)c3ccccc23)cc1. The van der Waals surface area contributed by atoms with Gasteiger partial charge in [-0.05, 0) is 58.0 Å². The van der Waals surface area contributed by atoms with Crippen LogP contribution in [-0.4, -0.2) is 14.5 Å². The summed E-state index contributed by atoms with van der Waals surface area (Å²) in [5.74, 6) is 0.717. The van der Waals surface area contributed by atoms with Gasteiger partial charge in [0.15, 0.2) is 5.82 Å². The highest BCUT2D eigenvalue weighted by Gasteiger charge is 2.17. The number of rotatable bonds is 6. The molecular formula is C50H33N3. The molecule has 0 atom stereocenters. The highest BCUT2D eigenvalue weighted by Crippen LogP contribution is 2.39. The molecule has 0 unspecified atom stereocenters. The first-order valence-electron chi connectivity index (χ1n) is 18.0. The highest BCUT2D eigenvalue weighted by molar-refractivity contribution is 6.12. The van der Waals surface area contributed by atoms with Crippen molar-refractivity contribution in [3.8, 4) is 61.8 Å². The van der Waals surface area contributed by atoms with Gasteiger partial charge in [0.25, 0.3) is 0 Å². The van der Waals surface area contributed by atoms with Crippen LogP contribution >= 0.6 is 0 Å². The first-order chi connectivity index (χ1) is 26.3. The van der Waals surface area contributed by atoms with Gasteiger partial charge in [-0.3, -0.25) is 0 Å². The largest absolute Gasteiger partial charge is 0.309 e. The van der Waals surface area contributed by atoms with Crippen LogP contribution in [0, 0.1) is 0 Å². The molecule has 0 saturated heterocycles. The van der Waals surface area contributed by atoms with Crippen LogP contribution in [0.15, 0.2) is 200 Å². The van der Waals surface area contributed by atoms with E-state index in [1.807, 2.05) is 36.4 Å². The summed E-state index contributed by atoms with van der Waals surface area (Å²) in [5, 5.41) is 4.92. The summed E-state index contributed by atoms with van der Waals surface area (Å²) < 4.78 is 2.43. The Bertz CT molecular complexity index is 2850. The van der Waals surface area contributed by atoms with E-state index in [0.717, 1.165) is 33.6 Å². The Kier molecular flexibility index (Phi) is 7.47. The second kappa shape index (κ2) is 12.9. The summed E-state index contributed by atoms with van der Waals surface area (Å²) in [7, 11) is 0. The van der Waals surface area contributed by atoms with Gasteiger partial charge in [-0.25, -0.2) is 9.97 Å². The monoisotopic (exact) mass is 675 g/mol. The summed E-state index contributed by atoms with van der Waals surface area (Å²) in [6.45, 7) is 0. The number of fused-ring (bicyclic) bond motifs is 4. The van der Waals surface area contributed by atoms with Gasteiger partial charge in [-0.2, -0.15) is 0 Å². The smallest absolute Gasteiger partial charge is 0.160 e. The van der Waals surface area contributed by atoms with Crippen molar-refractivity contribution >= 4 is 32.6 Å². The molecule has 0 radical (unpaired) electrons. The standard InChI is InChI=1S/C50H33N3/c1-4-14-34(15-5-1)39-28-30-49-44(32-39)43-22-12-13-23-47(43)53(49)48-31-29-40(41-20-10-11-21-42(41)48)35-24-26-37(27-25-35)46-33-45(36-16-6-2-7-17-36)51-50(52-46)38-18-8-3-9-19-38/h1-33H. The van der Waals surface area contributed by atoms with Crippen LogP contribution in [0.25, 0.3) is 94.4 Å². The Morgan fingerprint density at radius 2 is 0.811 bits per heavy atom. The maximum absolute atomic E-state index is 5.05. The number of nitrogens with zero attached hydrogens (tertiary/aromatic N) is 3. The summed E-state index contributed by atoms with van der Waals surface area (Å²) >= 11 is 0. The van der Waals surface area contributed by atoms with E-state index in [-0.39, 0.29) is 0 Å². The molecule has 0 aliphatic heterocycles. The molecule has 3 nitrogen and oxygen atoms in total. The number of aromatic nitrogens is 3. The van der Waals surface area contributed by atoms with Crippen LogP contribution in [0.1, 0.15) is 0 Å². The van der Waals surface area contributed by atoms with Gasteiger partial charge < -0.3 is 4.57 Å². The summed E-state index contributed by atoms with van der Waals surface area (Å²) in [5.41, 5.74) is 13.3. The third kappa shape index (κ3) is 5.47. The van der Waals surface area contributed by atoms with Gasteiger partial charge in [0.05, 0.1) is 28.1 Å². The van der Waals surface area contributed by atoms with E-state index in [1.54, 1.807) is 0 Å². The molecule has 53 heavy (non-hydrogen) atoms. The van der Waals surface area contributed by atoms with Crippen molar-refractivity contribution in [3.05, 3.63) is 200 Å². The van der Waals surface area contributed by atoms with E-state index in [9.17, 15) is 0 Å². The Labute approximate surface area is 308 Å². The number of hydrogen-bond acceptors (Lipinski definition) is 2. The third-order valence-electron chi connectivity index (χ3n) is 10.2. The molecule has 2 aromatic heterocycles. The van der Waals surface area contributed by atoms with Crippen molar-refractivity contribution in [1.29, 1.82) is 0 Å². The quantitative estimate of drug-likeness (QED) is 0.176. The van der Waals surface area contributed by atoms with Crippen LogP contribution < -0.4 is 0 Å². The topological polar surface area (TPSA) is 30.7 Å². The van der Waals surface area contributed by atoms with E-state index >= 15 is 0 Å². The molecule has 0 fully saturated rings. The average molecular weight is 676 g/mol. The van der Waals surface area contributed by atoms with Gasteiger partial charge in [-0.1, -0.05) is 170 Å². The molecule has 0 aliphatic rings. The van der Waals surface area contributed by atoms with Crippen molar-refractivity contribution in [2.24, 2.45) is 0 Å². The van der Waals surface area contributed by atoms with Crippen LogP contribution in [0.4, 0.5) is 0 Å². The van der Waals surface area contributed by atoms with Crippen molar-refractivity contribution in [3.63, 3.8) is 0 Å². The third-order valence-corrected chi connectivity index (χ3v) is 10.2. The molecule has 2 heterocycles. The number of hydrogen-bond donors (Lipinski definition) is 0. The lowest BCUT2D eigenvalue weighted by Gasteiger charge is -2.15. The molecule has 8 aromatic carbocycles. The molecule has 0 bridgehead atoms. The zero-order valence-electron chi connectivity index (χ0n) is 28.9. The lowest BCUT2D eigenvalue weighted by atomic mass is 9.95. The molecule has 10 rings (SSSR count). The molecule has 3 heteroatoms. The molecular weight excluding hydrogens is 643 g/mol. The number of benzene rings is 8. The van der Waals surface area contributed by atoms with Crippen molar-refractivity contribution in [1.82, 2.24) is 14.5 Å². The van der Waals surface area contributed by atoms with E-state index < -0.39 is 0 Å². The fourth-order valence-corrected chi connectivity index (χ4v) is 7.66. The Balaban J connectivity index is 1.08. The fourth-order valence-electron chi connectivity index (χ4n) is 7.66. The summed E-state index contributed by atoms with van der Waals surface area (Å²) in [6.07, 6.45) is 0. The van der Waals surface area contributed by atoms with Crippen LogP contribution in [0.3, 0.4) is 0 Å². The Hall–Kier alpha value is -7.10. The maximum atomic E-state index is 5.05. The first kappa shape index (κ1) is 30.7. The predicted octanol–water partition coefficient (Wildman–Crippen LogP) is 13.1. The van der Waals surface area contributed by atoms with Crippen molar-refractivity contribution in [2.45, 2.75) is 0 Å². The van der Waals surface area contributed by atoms with Gasteiger partial charge in [0.2, 0.25) is 0 Å². The number of para-hydroxylation sites is 1. The molecule has 0 spiro atoms. The highest BCUT2D eigenvalue weighted by atomic mass is 15.0. The van der Waals surface area contributed by atoms with Crippen LogP contribution in [0.5, 0.6) is 0 Å². The zero-order valence-corrected chi connectivity index (χ0v) is 28.9. The minimum atomic E-state index is 0.717. The van der Waals surface area contributed by atoms with E-state index in [0.29, 0.717) is 5.82 Å². The van der Waals surface area contributed by atoms with E-state index in [1.165, 1.54) is 55.0 Å². The second-order valence-corrected chi connectivity index (χ2v) is 13.4. The normalized spacial score (nSPS) is 11.4. The first-order valence-corrected chi connectivity index (χ1v) is 18.0. The van der Waals surface area contributed by atoms with E-state index in [4.69, 9.17) is 9.97 Å². The summed E-state index contributed by atoms with van der Waals surface area (Å²) in [6, 6.07) is 71.0. The van der Waals surface area contributed by atoms with Crippen LogP contribution in [-0.2, 0) is 0 Å². The molecule has 0 amide bonds. The van der Waals surface area contributed by atoms with Gasteiger partial charge in [0, 0.05) is 32.8 Å². The van der Waals surface area contributed by atoms with Gasteiger partial charge in [0.1, 0.15) is 0 Å². The average Bonchev–Trinajstić information content (AvgIpc) is 3.57. The van der Waals surface area contributed by atoms with Gasteiger partial charge in [-0.15, -0.1) is 0 Å². The van der Waals surface area contributed by atoms with Crippen molar-refractivity contribution in [2.75, 3.05) is 0 Å². The summed E-state index contributed by atoms with van der Waals surface area (Å²) in [4.78, 5) is 10.0. The molecule has 10 aromatic rings. The lowest BCUT2D eigenvalue weighted by molar-refractivity contribution is 1.18. The molecule has 0 saturated carbocycles. The zero-order chi connectivity index (χ0) is 35.1.